The minimum atomic E-state index is -0.426. The van der Waals surface area contributed by atoms with Crippen LogP contribution < -0.4 is 10.9 Å². The maximum Gasteiger partial charge on any atom is 0.251 e. The van der Waals surface area contributed by atoms with E-state index in [-0.39, 0.29) is 5.56 Å². The van der Waals surface area contributed by atoms with E-state index in [1.54, 1.807) is 10.6 Å². The molecule has 1 aliphatic rings. The number of fused-ring (bicyclic) bond motifs is 1. The summed E-state index contributed by atoms with van der Waals surface area (Å²) in [5.41, 5.74) is 2.24. The largest absolute Gasteiger partial charge is 0.310 e. The zero-order chi connectivity index (χ0) is 20.2. The van der Waals surface area contributed by atoms with E-state index in [1.807, 2.05) is 12.3 Å². The first-order valence-corrected chi connectivity index (χ1v) is 10.6. The number of nitrogens with zero attached hydrogens (tertiary/aromatic N) is 4. The molecule has 0 atom stereocenters. The number of nitrogens with one attached hydrogen (secondary N) is 1. The van der Waals surface area contributed by atoms with E-state index in [4.69, 9.17) is 0 Å². The normalized spacial score (nSPS) is 15.8. The second-order valence-corrected chi connectivity index (χ2v) is 8.18. The molecule has 152 valence electrons. The van der Waals surface area contributed by atoms with Gasteiger partial charge in [0, 0.05) is 44.0 Å². The van der Waals surface area contributed by atoms with Crippen molar-refractivity contribution in [2.75, 3.05) is 19.6 Å². The Hall–Kier alpha value is -2.16. The molecular formula is C21H23BrFN5O. The molecule has 8 heteroatoms. The Bertz CT molecular complexity index is 1030. The van der Waals surface area contributed by atoms with Gasteiger partial charge in [-0.2, -0.15) is 0 Å². The van der Waals surface area contributed by atoms with Gasteiger partial charge in [0.15, 0.2) is 0 Å². The van der Waals surface area contributed by atoms with Crippen molar-refractivity contribution in [2.45, 2.75) is 32.0 Å². The van der Waals surface area contributed by atoms with E-state index in [2.05, 4.69) is 42.2 Å². The SMILES string of the molecule is O=c1ccc2ncc(F)cc2n1CCN1CCC(NCc2ccc(Br)nc2)CC1. The third kappa shape index (κ3) is 5.07. The lowest BCUT2D eigenvalue weighted by Crippen LogP contribution is -2.43. The smallest absolute Gasteiger partial charge is 0.251 e. The molecule has 1 N–H and O–H groups in total. The topological polar surface area (TPSA) is 63.1 Å². The number of piperidine rings is 1. The minimum absolute atomic E-state index is 0.121. The van der Waals surface area contributed by atoms with E-state index < -0.39 is 5.82 Å². The molecule has 6 nitrogen and oxygen atoms in total. The van der Waals surface area contributed by atoms with Crippen LogP contribution in [0.3, 0.4) is 0 Å². The van der Waals surface area contributed by atoms with Gasteiger partial charge in [-0.05, 0) is 59.6 Å². The van der Waals surface area contributed by atoms with E-state index >= 15 is 0 Å². The molecule has 29 heavy (non-hydrogen) atoms. The number of pyridine rings is 3. The molecule has 0 radical (unpaired) electrons. The molecule has 3 aromatic rings. The van der Waals surface area contributed by atoms with Gasteiger partial charge >= 0.3 is 0 Å². The summed E-state index contributed by atoms with van der Waals surface area (Å²) in [6.07, 6.45) is 5.18. The predicted octanol–water partition coefficient (Wildman–Crippen LogP) is 2.95. The summed E-state index contributed by atoms with van der Waals surface area (Å²) in [5, 5.41) is 3.60. The van der Waals surface area contributed by atoms with Crippen LogP contribution in [0, 0.1) is 5.82 Å². The van der Waals surface area contributed by atoms with Crippen LogP contribution in [0.2, 0.25) is 0 Å². The first-order chi connectivity index (χ1) is 14.1. The molecule has 0 aromatic carbocycles. The standard InChI is InChI=1S/C21H23BrFN5O/c22-20-3-1-15(13-26-20)12-24-17-5-7-27(8-6-17)9-10-28-19-11-16(23)14-25-18(19)2-4-21(28)29/h1-4,11,13-14,17,24H,5-10,12H2. The first-order valence-electron chi connectivity index (χ1n) is 9.80. The van der Waals surface area contributed by atoms with Gasteiger partial charge in [-0.15, -0.1) is 0 Å². The van der Waals surface area contributed by atoms with E-state index in [0.29, 0.717) is 23.6 Å². The summed E-state index contributed by atoms with van der Waals surface area (Å²) >= 11 is 3.35. The van der Waals surface area contributed by atoms with Crippen molar-refractivity contribution >= 4 is 27.0 Å². The van der Waals surface area contributed by atoms with Crippen LogP contribution in [0.15, 0.2) is 52.1 Å². The van der Waals surface area contributed by atoms with Gasteiger partial charge in [0.05, 0.1) is 17.2 Å². The first kappa shape index (κ1) is 20.1. The number of halogens is 2. The second kappa shape index (κ2) is 9.11. The molecule has 0 unspecified atom stereocenters. The van der Waals surface area contributed by atoms with Crippen LogP contribution >= 0.6 is 15.9 Å². The lowest BCUT2D eigenvalue weighted by atomic mass is 10.0. The van der Waals surface area contributed by atoms with Crippen molar-refractivity contribution in [3.05, 3.63) is 69.1 Å². The molecule has 3 aromatic heterocycles. The van der Waals surface area contributed by atoms with E-state index in [0.717, 1.165) is 43.6 Å². The number of aromatic nitrogens is 3. The fraction of sp³-hybridized carbons (Fsp3) is 0.381. The molecule has 0 saturated carbocycles. The molecule has 4 heterocycles. The lowest BCUT2D eigenvalue weighted by Gasteiger charge is -2.32. The molecule has 1 saturated heterocycles. The summed E-state index contributed by atoms with van der Waals surface area (Å²) in [5.74, 6) is -0.426. The minimum Gasteiger partial charge on any atom is -0.310 e. The van der Waals surface area contributed by atoms with Crippen molar-refractivity contribution in [1.29, 1.82) is 0 Å². The molecule has 0 amide bonds. The summed E-state index contributed by atoms with van der Waals surface area (Å²) in [6.45, 7) is 4.06. The van der Waals surface area contributed by atoms with E-state index in [9.17, 15) is 9.18 Å². The fourth-order valence-electron chi connectivity index (χ4n) is 3.75. The monoisotopic (exact) mass is 459 g/mol. The molecule has 1 fully saturated rings. The number of rotatable bonds is 6. The van der Waals surface area contributed by atoms with Crippen LogP contribution in [0.25, 0.3) is 11.0 Å². The highest BCUT2D eigenvalue weighted by Gasteiger charge is 2.19. The highest BCUT2D eigenvalue weighted by atomic mass is 79.9. The highest BCUT2D eigenvalue weighted by Crippen LogP contribution is 2.14. The third-order valence-corrected chi connectivity index (χ3v) is 5.88. The molecule has 1 aliphatic heterocycles. The Morgan fingerprint density at radius 2 is 1.93 bits per heavy atom. The van der Waals surface area contributed by atoms with Gasteiger partial charge in [-0.1, -0.05) is 6.07 Å². The summed E-state index contributed by atoms with van der Waals surface area (Å²) in [4.78, 5) is 23.0. The summed E-state index contributed by atoms with van der Waals surface area (Å²) in [7, 11) is 0. The average Bonchev–Trinajstić information content (AvgIpc) is 2.73. The third-order valence-electron chi connectivity index (χ3n) is 5.42. The van der Waals surface area contributed by atoms with Crippen molar-refractivity contribution < 1.29 is 4.39 Å². The molecule has 0 spiro atoms. The van der Waals surface area contributed by atoms with Crippen molar-refractivity contribution in [3.63, 3.8) is 0 Å². The number of likely N-dealkylation sites (tertiary alicyclic amines) is 1. The molecule has 0 aliphatic carbocycles. The van der Waals surface area contributed by atoms with Gasteiger partial charge in [-0.25, -0.2) is 9.37 Å². The van der Waals surface area contributed by atoms with Crippen LogP contribution in [0.1, 0.15) is 18.4 Å². The van der Waals surface area contributed by atoms with Crippen molar-refractivity contribution in [2.24, 2.45) is 0 Å². The molecule has 4 rings (SSSR count). The van der Waals surface area contributed by atoms with Crippen molar-refractivity contribution in [1.82, 2.24) is 24.8 Å². The van der Waals surface area contributed by atoms with Gasteiger partial charge in [0.1, 0.15) is 10.4 Å². The predicted molar refractivity (Wildman–Crippen MR) is 114 cm³/mol. The zero-order valence-electron chi connectivity index (χ0n) is 16.0. The van der Waals surface area contributed by atoms with Gasteiger partial charge < -0.3 is 14.8 Å². The maximum atomic E-state index is 13.6. The molecule has 0 bridgehead atoms. The average molecular weight is 460 g/mol. The Morgan fingerprint density at radius 3 is 2.69 bits per heavy atom. The van der Waals surface area contributed by atoms with Crippen LogP contribution in [-0.4, -0.2) is 45.1 Å². The number of hydrogen-bond acceptors (Lipinski definition) is 5. The van der Waals surface area contributed by atoms with Crippen LogP contribution in [-0.2, 0) is 13.1 Å². The Labute approximate surface area is 176 Å². The van der Waals surface area contributed by atoms with Gasteiger partial charge in [0.25, 0.3) is 5.56 Å². The van der Waals surface area contributed by atoms with Crippen LogP contribution in [0.4, 0.5) is 4.39 Å². The zero-order valence-corrected chi connectivity index (χ0v) is 17.6. The summed E-state index contributed by atoms with van der Waals surface area (Å²) in [6, 6.07) is 9.03. The van der Waals surface area contributed by atoms with E-state index in [1.165, 1.54) is 23.9 Å². The lowest BCUT2D eigenvalue weighted by molar-refractivity contribution is 0.191. The second-order valence-electron chi connectivity index (χ2n) is 7.37. The summed E-state index contributed by atoms with van der Waals surface area (Å²) < 4.78 is 16.1. The molecular weight excluding hydrogens is 437 g/mol. The Kier molecular flexibility index (Phi) is 6.32. The fourth-order valence-corrected chi connectivity index (χ4v) is 3.98. The quantitative estimate of drug-likeness (QED) is 0.574. The Balaban J connectivity index is 1.30. The van der Waals surface area contributed by atoms with Crippen LogP contribution in [0.5, 0.6) is 0 Å². The maximum absolute atomic E-state index is 13.6. The number of hydrogen-bond donors (Lipinski definition) is 1. The Morgan fingerprint density at radius 1 is 1.10 bits per heavy atom. The van der Waals surface area contributed by atoms with Crippen molar-refractivity contribution in [3.8, 4) is 0 Å². The van der Waals surface area contributed by atoms with Gasteiger partial charge in [0.2, 0.25) is 0 Å². The van der Waals surface area contributed by atoms with Gasteiger partial charge in [-0.3, -0.25) is 9.78 Å². The highest BCUT2D eigenvalue weighted by molar-refractivity contribution is 9.10.